The molecule has 0 aromatic heterocycles. The topological polar surface area (TPSA) is 32.3 Å². The average Bonchev–Trinajstić information content (AvgIpc) is 2.74. The van der Waals surface area contributed by atoms with E-state index in [1.807, 2.05) is 0 Å². The number of nitrogens with one attached hydrogen (secondary N) is 1. The Morgan fingerprint density at radius 3 is 2.77 bits per heavy atom. The molecule has 1 heterocycles. The fraction of sp³-hybridized carbons (Fsp3) is 0.818. The molecule has 0 aromatic carbocycles. The molecule has 0 spiro atoms. The summed E-state index contributed by atoms with van der Waals surface area (Å²) in [6, 6.07) is 0.376. The van der Waals surface area contributed by atoms with Crippen molar-refractivity contribution in [3.8, 4) is 0 Å². The molecule has 2 N–H and O–H groups in total. The van der Waals surface area contributed by atoms with Crippen molar-refractivity contribution in [1.29, 1.82) is 0 Å². The molecule has 0 radical (unpaired) electrons. The number of aliphatic hydroxyl groups excluding tert-OH is 1. The van der Waals surface area contributed by atoms with E-state index in [1.165, 1.54) is 19.3 Å². The van der Waals surface area contributed by atoms with Gasteiger partial charge in [0, 0.05) is 6.04 Å². The van der Waals surface area contributed by atoms with E-state index >= 15 is 0 Å². The van der Waals surface area contributed by atoms with Crippen molar-refractivity contribution in [3.05, 3.63) is 12.2 Å². The summed E-state index contributed by atoms with van der Waals surface area (Å²) in [4.78, 5) is 0. The Hall–Kier alpha value is -0.340. The molecule has 1 fully saturated rings. The van der Waals surface area contributed by atoms with Crippen LogP contribution < -0.4 is 5.32 Å². The standard InChI is InChI=1S/C11H19NO/c13-11(10-6-3-7-12-10)8-9-4-1-2-5-9/h1-2,9-13H,3-8H2. The van der Waals surface area contributed by atoms with Crippen LogP contribution in [0.1, 0.15) is 32.1 Å². The van der Waals surface area contributed by atoms with Gasteiger partial charge in [0.25, 0.3) is 0 Å². The predicted octanol–water partition coefficient (Wildman–Crippen LogP) is 1.46. The first-order valence-corrected chi connectivity index (χ1v) is 5.42. The van der Waals surface area contributed by atoms with E-state index in [4.69, 9.17) is 0 Å². The zero-order chi connectivity index (χ0) is 9.10. The molecule has 2 atom stereocenters. The third-order valence-electron chi connectivity index (χ3n) is 3.24. The summed E-state index contributed by atoms with van der Waals surface area (Å²) in [5, 5.41) is 13.3. The van der Waals surface area contributed by atoms with Crippen LogP contribution in [0.3, 0.4) is 0 Å². The van der Waals surface area contributed by atoms with E-state index in [2.05, 4.69) is 17.5 Å². The summed E-state index contributed by atoms with van der Waals surface area (Å²) in [6.45, 7) is 1.09. The van der Waals surface area contributed by atoms with E-state index in [0.717, 1.165) is 19.4 Å². The molecule has 2 rings (SSSR count). The molecule has 2 aliphatic rings. The first-order chi connectivity index (χ1) is 6.36. The van der Waals surface area contributed by atoms with Crippen LogP contribution in [0, 0.1) is 5.92 Å². The SMILES string of the molecule is OC(CC1CC=CC1)C1CCCN1. The van der Waals surface area contributed by atoms with Gasteiger partial charge in [-0.1, -0.05) is 12.2 Å². The first-order valence-electron chi connectivity index (χ1n) is 5.42. The third kappa shape index (κ3) is 2.32. The molecule has 2 nitrogen and oxygen atoms in total. The maximum Gasteiger partial charge on any atom is 0.0696 e. The number of hydrogen-bond donors (Lipinski definition) is 2. The van der Waals surface area contributed by atoms with Crippen molar-refractivity contribution in [2.24, 2.45) is 5.92 Å². The van der Waals surface area contributed by atoms with Crippen LogP contribution in [0.15, 0.2) is 12.2 Å². The van der Waals surface area contributed by atoms with Crippen molar-refractivity contribution < 1.29 is 5.11 Å². The molecule has 0 saturated carbocycles. The van der Waals surface area contributed by atoms with Gasteiger partial charge in [-0.25, -0.2) is 0 Å². The van der Waals surface area contributed by atoms with E-state index in [1.54, 1.807) is 0 Å². The Kier molecular flexibility index (Phi) is 3.01. The first kappa shape index (κ1) is 9.22. The van der Waals surface area contributed by atoms with Gasteiger partial charge in [0.2, 0.25) is 0 Å². The van der Waals surface area contributed by atoms with E-state index in [0.29, 0.717) is 12.0 Å². The molecule has 0 amide bonds. The van der Waals surface area contributed by atoms with Gasteiger partial charge in [0.05, 0.1) is 6.10 Å². The Morgan fingerprint density at radius 1 is 1.38 bits per heavy atom. The molecular formula is C11H19NO. The second kappa shape index (κ2) is 4.25. The molecule has 74 valence electrons. The van der Waals surface area contributed by atoms with Gasteiger partial charge in [-0.3, -0.25) is 0 Å². The molecule has 0 bridgehead atoms. The third-order valence-corrected chi connectivity index (χ3v) is 3.24. The lowest BCUT2D eigenvalue weighted by atomic mass is 9.95. The monoisotopic (exact) mass is 181 g/mol. The molecule has 0 aromatic rings. The molecular weight excluding hydrogens is 162 g/mol. The van der Waals surface area contributed by atoms with Crippen molar-refractivity contribution >= 4 is 0 Å². The van der Waals surface area contributed by atoms with Crippen LogP contribution in [-0.2, 0) is 0 Å². The van der Waals surface area contributed by atoms with Crippen molar-refractivity contribution in [1.82, 2.24) is 5.32 Å². The second-order valence-electron chi connectivity index (χ2n) is 4.31. The van der Waals surface area contributed by atoms with Crippen LogP contribution in [0.2, 0.25) is 0 Å². The lowest BCUT2D eigenvalue weighted by molar-refractivity contribution is 0.109. The van der Waals surface area contributed by atoms with Crippen LogP contribution in [0.4, 0.5) is 0 Å². The number of allylic oxidation sites excluding steroid dienone is 2. The molecule has 13 heavy (non-hydrogen) atoms. The van der Waals surface area contributed by atoms with Gasteiger partial charge in [-0.15, -0.1) is 0 Å². The normalized spacial score (nSPS) is 31.3. The quantitative estimate of drug-likeness (QED) is 0.646. The summed E-state index contributed by atoms with van der Waals surface area (Å²) in [6.07, 6.45) is 10.1. The van der Waals surface area contributed by atoms with E-state index < -0.39 is 0 Å². The largest absolute Gasteiger partial charge is 0.391 e. The molecule has 1 aliphatic heterocycles. The molecule has 2 heteroatoms. The summed E-state index contributed by atoms with van der Waals surface area (Å²) in [5.74, 6) is 0.706. The van der Waals surface area contributed by atoms with Crippen molar-refractivity contribution in [3.63, 3.8) is 0 Å². The lowest BCUT2D eigenvalue weighted by Gasteiger charge is -2.21. The number of aliphatic hydroxyl groups is 1. The highest BCUT2D eigenvalue weighted by atomic mass is 16.3. The van der Waals surface area contributed by atoms with Crippen molar-refractivity contribution in [2.45, 2.75) is 44.2 Å². The Labute approximate surface area is 80.0 Å². The van der Waals surface area contributed by atoms with Crippen molar-refractivity contribution in [2.75, 3.05) is 6.54 Å². The zero-order valence-electron chi connectivity index (χ0n) is 8.08. The summed E-state index contributed by atoms with van der Waals surface area (Å²) < 4.78 is 0. The molecule has 1 aliphatic carbocycles. The molecule has 1 saturated heterocycles. The van der Waals surface area contributed by atoms with Crippen LogP contribution in [0.25, 0.3) is 0 Å². The highest BCUT2D eigenvalue weighted by Gasteiger charge is 2.25. The lowest BCUT2D eigenvalue weighted by Crippen LogP contribution is -2.35. The van der Waals surface area contributed by atoms with Gasteiger partial charge in [0.1, 0.15) is 0 Å². The Bertz CT molecular complexity index is 177. The van der Waals surface area contributed by atoms with E-state index in [9.17, 15) is 5.11 Å². The van der Waals surface area contributed by atoms with Crippen LogP contribution >= 0.6 is 0 Å². The zero-order valence-corrected chi connectivity index (χ0v) is 8.08. The minimum atomic E-state index is -0.118. The fourth-order valence-corrected chi connectivity index (χ4v) is 2.41. The van der Waals surface area contributed by atoms with Gasteiger partial charge in [-0.05, 0) is 44.6 Å². The highest BCUT2D eigenvalue weighted by Crippen LogP contribution is 2.25. The van der Waals surface area contributed by atoms with Crippen LogP contribution in [-0.4, -0.2) is 23.8 Å². The Balaban J connectivity index is 1.73. The minimum absolute atomic E-state index is 0.118. The van der Waals surface area contributed by atoms with Gasteiger partial charge < -0.3 is 10.4 Å². The summed E-state index contributed by atoms with van der Waals surface area (Å²) >= 11 is 0. The Morgan fingerprint density at radius 2 is 2.15 bits per heavy atom. The summed E-state index contributed by atoms with van der Waals surface area (Å²) in [5.41, 5.74) is 0. The average molecular weight is 181 g/mol. The van der Waals surface area contributed by atoms with Gasteiger partial charge in [-0.2, -0.15) is 0 Å². The maximum absolute atomic E-state index is 9.92. The number of hydrogen-bond acceptors (Lipinski definition) is 2. The van der Waals surface area contributed by atoms with E-state index in [-0.39, 0.29) is 6.10 Å². The highest BCUT2D eigenvalue weighted by molar-refractivity contribution is 4.96. The minimum Gasteiger partial charge on any atom is -0.391 e. The number of rotatable bonds is 3. The van der Waals surface area contributed by atoms with Gasteiger partial charge >= 0.3 is 0 Å². The smallest absolute Gasteiger partial charge is 0.0696 e. The van der Waals surface area contributed by atoms with Crippen LogP contribution in [0.5, 0.6) is 0 Å². The molecule has 2 unspecified atom stereocenters. The maximum atomic E-state index is 9.92. The predicted molar refractivity (Wildman–Crippen MR) is 53.5 cm³/mol. The van der Waals surface area contributed by atoms with Gasteiger partial charge in [0.15, 0.2) is 0 Å². The second-order valence-corrected chi connectivity index (χ2v) is 4.31. The fourth-order valence-electron chi connectivity index (χ4n) is 2.41. The summed E-state index contributed by atoms with van der Waals surface area (Å²) in [7, 11) is 0.